The Labute approximate surface area is 146 Å². The van der Waals surface area contributed by atoms with Crippen LogP contribution < -0.4 is 0 Å². The summed E-state index contributed by atoms with van der Waals surface area (Å²) >= 11 is 6.42. The van der Waals surface area contributed by atoms with Crippen LogP contribution in [-0.2, 0) is 13.6 Å². The molecule has 0 N–H and O–H groups in total. The topological polar surface area (TPSA) is 38.9 Å². The van der Waals surface area contributed by atoms with Crippen molar-refractivity contribution in [2.24, 2.45) is 7.05 Å². The first kappa shape index (κ1) is 15.7. The Morgan fingerprint density at radius 2 is 2.08 bits per heavy atom. The van der Waals surface area contributed by atoms with Crippen LogP contribution in [0.25, 0.3) is 10.9 Å². The lowest BCUT2D eigenvalue weighted by Gasteiger charge is -2.16. The van der Waals surface area contributed by atoms with Gasteiger partial charge in [-0.15, -0.1) is 0 Å². The van der Waals surface area contributed by atoms with Crippen LogP contribution in [0.3, 0.4) is 0 Å². The Bertz CT molecular complexity index is 894. The van der Waals surface area contributed by atoms with Gasteiger partial charge in [0.1, 0.15) is 0 Å². The minimum absolute atomic E-state index is 0.448. The number of aromatic nitrogens is 4. The molecule has 0 bridgehead atoms. The second kappa shape index (κ2) is 5.90. The number of hydrogen-bond donors (Lipinski definition) is 0. The number of likely N-dealkylation sites (tertiary alicyclic amines) is 1. The van der Waals surface area contributed by atoms with E-state index in [-0.39, 0.29) is 0 Å². The lowest BCUT2D eigenvalue weighted by Crippen LogP contribution is -2.22. The minimum atomic E-state index is 0.448. The SMILES string of the molecule is Cc1cc(C)n([C@H]2CCN(Cc3nn(C)c4cccc(Cl)c34)C2)n1. The van der Waals surface area contributed by atoms with Gasteiger partial charge in [-0.2, -0.15) is 10.2 Å². The Balaban J connectivity index is 1.56. The molecule has 4 rings (SSSR count). The molecule has 1 atom stereocenters. The average Bonchev–Trinajstić information content (AvgIpc) is 3.20. The molecule has 5 nitrogen and oxygen atoms in total. The predicted molar refractivity (Wildman–Crippen MR) is 96.4 cm³/mol. The van der Waals surface area contributed by atoms with Crippen molar-refractivity contribution in [3.05, 3.63) is 46.4 Å². The number of rotatable bonds is 3. The van der Waals surface area contributed by atoms with Gasteiger partial charge in [0.25, 0.3) is 0 Å². The number of halogens is 1. The first-order valence-corrected chi connectivity index (χ1v) is 8.76. The zero-order chi connectivity index (χ0) is 16.8. The zero-order valence-electron chi connectivity index (χ0n) is 14.3. The van der Waals surface area contributed by atoms with E-state index in [0.29, 0.717) is 6.04 Å². The van der Waals surface area contributed by atoms with Crippen LogP contribution in [0.5, 0.6) is 0 Å². The Kier molecular flexibility index (Phi) is 3.85. The van der Waals surface area contributed by atoms with Crippen LogP contribution in [0.1, 0.15) is 29.5 Å². The van der Waals surface area contributed by atoms with Crippen LogP contribution >= 0.6 is 11.6 Å². The van der Waals surface area contributed by atoms with Crippen molar-refractivity contribution >= 4 is 22.5 Å². The molecular weight excluding hydrogens is 322 g/mol. The van der Waals surface area contributed by atoms with Crippen LogP contribution in [0.15, 0.2) is 24.3 Å². The van der Waals surface area contributed by atoms with E-state index in [1.807, 2.05) is 23.9 Å². The van der Waals surface area contributed by atoms with E-state index >= 15 is 0 Å². The summed E-state index contributed by atoms with van der Waals surface area (Å²) in [5.41, 5.74) is 4.48. The van der Waals surface area contributed by atoms with E-state index < -0.39 is 0 Å². The molecule has 6 heteroatoms. The molecule has 3 heterocycles. The molecule has 1 aliphatic heterocycles. The smallest absolute Gasteiger partial charge is 0.0858 e. The van der Waals surface area contributed by atoms with Crippen molar-refractivity contribution in [3.8, 4) is 0 Å². The fraction of sp³-hybridized carbons (Fsp3) is 0.444. The van der Waals surface area contributed by atoms with Crippen molar-refractivity contribution < 1.29 is 0 Å². The standard InChI is InChI=1S/C18H22ClN5/c1-12-9-13(2)24(20-12)14-7-8-23(10-14)11-16-18-15(19)5-4-6-17(18)22(3)21-16/h4-6,9,14H,7-8,10-11H2,1-3H3/t14-/m0/s1. The number of nitrogens with zero attached hydrogens (tertiary/aromatic N) is 5. The maximum absolute atomic E-state index is 6.42. The molecule has 1 aliphatic rings. The monoisotopic (exact) mass is 343 g/mol. The molecule has 0 unspecified atom stereocenters. The van der Waals surface area contributed by atoms with Gasteiger partial charge in [0.15, 0.2) is 0 Å². The Morgan fingerprint density at radius 1 is 1.25 bits per heavy atom. The van der Waals surface area contributed by atoms with E-state index in [1.54, 1.807) is 0 Å². The lowest BCUT2D eigenvalue weighted by molar-refractivity contribution is 0.307. The third kappa shape index (κ3) is 2.62. The molecule has 1 fully saturated rings. The van der Waals surface area contributed by atoms with Gasteiger partial charge in [-0.1, -0.05) is 17.7 Å². The number of hydrogen-bond acceptors (Lipinski definition) is 3. The summed E-state index contributed by atoms with van der Waals surface area (Å²) < 4.78 is 4.10. The highest BCUT2D eigenvalue weighted by Gasteiger charge is 2.27. The summed E-state index contributed by atoms with van der Waals surface area (Å²) in [6.45, 7) is 7.08. The zero-order valence-corrected chi connectivity index (χ0v) is 15.1. The first-order valence-electron chi connectivity index (χ1n) is 8.38. The first-order chi connectivity index (χ1) is 11.5. The summed E-state index contributed by atoms with van der Waals surface area (Å²) in [7, 11) is 1.98. The maximum Gasteiger partial charge on any atom is 0.0858 e. The Hall–Kier alpha value is -1.85. The van der Waals surface area contributed by atoms with E-state index in [4.69, 9.17) is 16.7 Å². The van der Waals surface area contributed by atoms with Crippen LogP contribution in [0, 0.1) is 13.8 Å². The summed E-state index contributed by atoms with van der Waals surface area (Å²) in [6, 6.07) is 8.58. The molecule has 0 spiro atoms. The van der Waals surface area contributed by atoms with E-state index in [0.717, 1.165) is 53.4 Å². The van der Waals surface area contributed by atoms with E-state index in [9.17, 15) is 0 Å². The summed E-state index contributed by atoms with van der Waals surface area (Å²) in [5, 5.41) is 11.2. The number of fused-ring (bicyclic) bond motifs is 1. The van der Waals surface area contributed by atoms with Crippen molar-refractivity contribution in [3.63, 3.8) is 0 Å². The molecular formula is C18H22ClN5. The summed E-state index contributed by atoms with van der Waals surface area (Å²) in [4.78, 5) is 2.45. The molecule has 1 saturated heterocycles. The van der Waals surface area contributed by atoms with E-state index in [2.05, 4.69) is 40.7 Å². The van der Waals surface area contributed by atoms with E-state index in [1.165, 1.54) is 5.69 Å². The van der Waals surface area contributed by atoms with Gasteiger partial charge in [-0.05, 0) is 38.5 Å². The molecule has 1 aromatic carbocycles. The Morgan fingerprint density at radius 3 is 2.83 bits per heavy atom. The lowest BCUT2D eigenvalue weighted by atomic mass is 10.2. The van der Waals surface area contributed by atoms with Gasteiger partial charge < -0.3 is 0 Å². The van der Waals surface area contributed by atoms with Gasteiger partial charge in [-0.25, -0.2) is 0 Å². The molecule has 0 amide bonds. The molecule has 126 valence electrons. The highest BCUT2D eigenvalue weighted by atomic mass is 35.5. The van der Waals surface area contributed by atoms with Crippen molar-refractivity contribution in [2.45, 2.75) is 32.9 Å². The predicted octanol–water partition coefficient (Wildman–Crippen LogP) is 3.49. The molecule has 3 aromatic rings. The third-order valence-electron chi connectivity index (χ3n) is 4.91. The van der Waals surface area contributed by atoms with Crippen LogP contribution in [0.2, 0.25) is 5.02 Å². The summed E-state index contributed by atoms with van der Waals surface area (Å²) in [5.74, 6) is 0. The largest absolute Gasteiger partial charge is 0.295 e. The highest BCUT2D eigenvalue weighted by Crippen LogP contribution is 2.29. The fourth-order valence-corrected chi connectivity index (χ4v) is 4.13. The molecule has 24 heavy (non-hydrogen) atoms. The number of aryl methyl sites for hydroxylation is 3. The van der Waals surface area contributed by atoms with Crippen LogP contribution in [-0.4, -0.2) is 37.6 Å². The average molecular weight is 344 g/mol. The van der Waals surface area contributed by atoms with Crippen molar-refractivity contribution in [2.75, 3.05) is 13.1 Å². The molecule has 0 aliphatic carbocycles. The minimum Gasteiger partial charge on any atom is -0.295 e. The normalized spacial score (nSPS) is 18.8. The third-order valence-corrected chi connectivity index (χ3v) is 5.23. The quantitative estimate of drug-likeness (QED) is 0.730. The van der Waals surface area contributed by atoms with Crippen molar-refractivity contribution in [1.82, 2.24) is 24.5 Å². The van der Waals surface area contributed by atoms with Gasteiger partial charge in [0, 0.05) is 37.8 Å². The molecule has 0 saturated carbocycles. The number of benzene rings is 1. The maximum atomic E-state index is 6.42. The van der Waals surface area contributed by atoms with Crippen molar-refractivity contribution in [1.29, 1.82) is 0 Å². The summed E-state index contributed by atoms with van der Waals surface area (Å²) in [6.07, 6.45) is 1.13. The molecule has 2 aromatic heterocycles. The van der Waals surface area contributed by atoms with Gasteiger partial charge in [-0.3, -0.25) is 14.3 Å². The second-order valence-corrected chi connectivity index (χ2v) is 7.16. The van der Waals surface area contributed by atoms with Gasteiger partial charge in [0.2, 0.25) is 0 Å². The highest BCUT2D eigenvalue weighted by molar-refractivity contribution is 6.35. The fourth-order valence-electron chi connectivity index (χ4n) is 3.85. The van der Waals surface area contributed by atoms with Crippen LogP contribution in [0.4, 0.5) is 0 Å². The van der Waals surface area contributed by atoms with Gasteiger partial charge in [0.05, 0.1) is 28.0 Å². The van der Waals surface area contributed by atoms with Gasteiger partial charge >= 0.3 is 0 Å². The molecule has 0 radical (unpaired) electrons. The second-order valence-electron chi connectivity index (χ2n) is 6.75.